The van der Waals surface area contributed by atoms with Gasteiger partial charge in [-0.3, -0.25) is 14.3 Å². The van der Waals surface area contributed by atoms with E-state index in [0.29, 0.717) is 11.5 Å². The second-order valence-electron chi connectivity index (χ2n) is 4.18. The molecule has 9 heteroatoms. The van der Waals surface area contributed by atoms with Crippen LogP contribution in [0, 0.1) is 10.1 Å². The maximum absolute atomic E-state index is 10.9. The molecular weight excluding hydrogens is 288 g/mol. The number of nitro groups is 1. The molecular formula is C11H12N2O6S. The van der Waals surface area contributed by atoms with Crippen molar-refractivity contribution in [3.05, 3.63) is 39.9 Å². The molecule has 1 aliphatic rings. The van der Waals surface area contributed by atoms with Crippen LogP contribution in [0.15, 0.2) is 29.3 Å². The highest BCUT2D eigenvalue weighted by atomic mass is 32.2. The molecule has 0 fully saturated rings. The topological polar surface area (TPSA) is 108 Å². The Kier molecular flexibility index (Phi) is 4.00. The molecule has 108 valence electrons. The highest BCUT2D eigenvalue weighted by Crippen LogP contribution is 2.17. The van der Waals surface area contributed by atoms with Crippen LogP contribution in [0.4, 0.5) is 5.69 Å². The third kappa shape index (κ3) is 3.75. The molecule has 0 bridgehead atoms. The molecule has 1 aliphatic heterocycles. The van der Waals surface area contributed by atoms with Crippen LogP contribution >= 0.6 is 0 Å². The first kappa shape index (κ1) is 14.4. The highest BCUT2D eigenvalue weighted by Gasteiger charge is 2.23. The Bertz CT molecular complexity index is 637. The second kappa shape index (κ2) is 5.55. The van der Waals surface area contributed by atoms with E-state index in [2.05, 4.69) is 9.18 Å². The fourth-order valence-electron chi connectivity index (χ4n) is 1.59. The summed E-state index contributed by atoms with van der Waals surface area (Å²) in [5.41, 5.74) is 0.571. The van der Waals surface area contributed by atoms with E-state index in [1.165, 1.54) is 24.3 Å². The maximum Gasteiger partial charge on any atom is 0.269 e. The molecule has 0 saturated heterocycles. The third-order valence-corrected chi connectivity index (χ3v) is 3.07. The van der Waals surface area contributed by atoms with Gasteiger partial charge in [-0.2, -0.15) is 8.42 Å². The molecule has 0 unspecified atom stereocenters. The molecule has 0 spiro atoms. The first-order valence-electron chi connectivity index (χ1n) is 5.65. The van der Waals surface area contributed by atoms with Gasteiger partial charge in [0, 0.05) is 17.7 Å². The highest BCUT2D eigenvalue weighted by molar-refractivity contribution is 7.85. The summed E-state index contributed by atoms with van der Waals surface area (Å²) in [5.74, 6) is 0.321. The van der Waals surface area contributed by atoms with Gasteiger partial charge in [0.25, 0.3) is 15.8 Å². The van der Waals surface area contributed by atoms with Gasteiger partial charge in [-0.05, 0) is 12.1 Å². The van der Waals surface area contributed by atoms with Crippen LogP contribution in [-0.4, -0.2) is 44.8 Å². The monoisotopic (exact) mass is 300 g/mol. The average Bonchev–Trinajstić information content (AvgIpc) is 2.84. The lowest BCUT2D eigenvalue weighted by Crippen LogP contribution is -2.22. The molecule has 0 amide bonds. The van der Waals surface area contributed by atoms with Gasteiger partial charge in [0.1, 0.15) is 12.7 Å². The molecule has 8 nitrogen and oxygen atoms in total. The van der Waals surface area contributed by atoms with Crippen molar-refractivity contribution in [2.24, 2.45) is 4.99 Å². The van der Waals surface area contributed by atoms with Crippen molar-refractivity contribution in [1.29, 1.82) is 0 Å². The van der Waals surface area contributed by atoms with Gasteiger partial charge in [-0.1, -0.05) is 0 Å². The van der Waals surface area contributed by atoms with Crippen LogP contribution in [0.25, 0.3) is 0 Å². The zero-order valence-corrected chi connectivity index (χ0v) is 11.4. The smallest absolute Gasteiger partial charge is 0.269 e. The molecule has 0 radical (unpaired) electrons. The molecule has 1 heterocycles. The fourth-order valence-corrected chi connectivity index (χ4v) is 1.99. The van der Waals surface area contributed by atoms with Gasteiger partial charge in [0.15, 0.2) is 0 Å². The quantitative estimate of drug-likeness (QED) is 0.450. The number of rotatable bonds is 5. The van der Waals surface area contributed by atoms with E-state index in [0.717, 1.165) is 6.26 Å². The van der Waals surface area contributed by atoms with Crippen molar-refractivity contribution in [3.63, 3.8) is 0 Å². The second-order valence-corrected chi connectivity index (χ2v) is 5.82. The standard InChI is InChI=1S/C11H12N2O6S/c1-20(16,17)18-7-10-6-12-11(19-10)8-2-4-9(5-3-8)13(14)15/h2-5,10H,6-7H2,1H3/t10-/m1/s1. The minimum Gasteiger partial charge on any atom is -0.470 e. The average molecular weight is 300 g/mol. The van der Waals surface area contributed by atoms with Crippen LogP contribution in [0.3, 0.4) is 0 Å². The molecule has 0 aliphatic carbocycles. The number of nitrogens with zero attached hydrogens (tertiary/aromatic N) is 2. The number of hydrogen-bond donors (Lipinski definition) is 0. The molecule has 1 aromatic rings. The summed E-state index contributed by atoms with van der Waals surface area (Å²) < 4.78 is 31.8. The Balaban J connectivity index is 1.97. The Morgan fingerprint density at radius 2 is 2.10 bits per heavy atom. The lowest BCUT2D eigenvalue weighted by molar-refractivity contribution is -0.384. The van der Waals surface area contributed by atoms with Gasteiger partial charge in [-0.25, -0.2) is 4.99 Å². The third-order valence-electron chi connectivity index (χ3n) is 2.51. The van der Waals surface area contributed by atoms with Crippen LogP contribution in [0.5, 0.6) is 0 Å². The number of ether oxygens (including phenoxy) is 1. The first-order valence-corrected chi connectivity index (χ1v) is 7.47. The van der Waals surface area contributed by atoms with E-state index in [1.54, 1.807) is 0 Å². The van der Waals surface area contributed by atoms with E-state index in [-0.39, 0.29) is 18.8 Å². The van der Waals surface area contributed by atoms with Crippen LogP contribution in [0.2, 0.25) is 0 Å². The van der Waals surface area contributed by atoms with Crippen LogP contribution in [-0.2, 0) is 19.0 Å². The molecule has 0 N–H and O–H groups in total. The van der Waals surface area contributed by atoms with Crippen molar-refractivity contribution < 1.29 is 22.3 Å². The van der Waals surface area contributed by atoms with Crippen LogP contribution < -0.4 is 0 Å². The summed E-state index contributed by atoms with van der Waals surface area (Å²) in [5, 5.41) is 10.5. The van der Waals surface area contributed by atoms with E-state index < -0.39 is 21.1 Å². The van der Waals surface area contributed by atoms with Gasteiger partial charge in [0.2, 0.25) is 5.90 Å². The van der Waals surface area contributed by atoms with E-state index in [4.69, 9.17) is 4.74 Å². The predicted molar refractivity (Wildman–Crippen MR) is 70.2 cm³/mol. The number of aliphatic imine (C=N–C) groups is 1. The summed E-state index contributed by atoms with van der Waals surface area (Å²) in [7, 11) is -3.51. The Hall–Kier alpha value is -2.00. The first-order chi connectivity index (χ1) is 9.35. The van der Waals surface area contributed by atoms with Crippen molar-refractivity contribution >= 4 is 21.7 Å². The zero-order chi connectivity index (χ0) is 14.8. The lowest BCUT2D eigenvalue weighted by Gasteiger charge is -2.10. The zero-order valence-electron chi connectivity index (χ0n) is 10.6. The molecule has 20 heavy (non-hydrogen) atoms. The van der Waals surface area contributed by atoms with Crippen molar-refractivity contribution in [1.82, 2.24) is 0 Å². The summed E-state index contributed by atoms with van der Waals surface area (Å²) in [4.78, 5) is 14.2. The summed E-state index contributed by atoms with van der Waals surface area (Å²) in [6, 6.07) is 5.75. The number of non-ortho nitro benzene ring substituents is 1. The largest absolute Gasteiger partial charge is 0.470 e. The van der Waals surface area contributed by atoms with Gasteiger partial charge >= 0.3 is 0 Å². The number of benzene rings is 1. The van der Waals surface area contributed by atoms with Crippen molar-refractivity contribution in [3.8, 4) is 0 Å². The molecule has 0 aromatic heterocycles. The van der Waals surface area contributed by atoms with Gasteiger partial charge in [-0.15, -0.1) is 0 Å². The number of hydrogen-bond acceptors (Lipinski definition) is 7. The summed E-state index contributed by atoms with van der Waals surface area (Å²) in [6.07, 6.45) is 0.481. The SMILES string of the molecule is CS(=O)(=O)OC[C@H]1CN=C(c2ccc([N+](=O)[O-])cc2)O1. The van der Waals surface area contributed by atoms with Gasteiger partial charge in [0.05, 0.1) is 17.7 Å². The van der Waals surface area contributed by atoms with E-state index >= 15 is 0 Å². The Morgan fingerprint density at radius 3 is 2.65 bits per heavy atom. The van der Waals surface area contributed by atoms with E-state index in [9.17, 15) is 18.5 Å². The number of nitro benzene ring substituents is 1. The molecule has 2 rings (SSSR count). The minimum absolute atomic E-state index is 0.0238. The molecule has 0 saturated carbocycles. The lowest BCUT2D eigenvalue weighted by atomic mass is 10.2. The molecule has 1 atom stereocenters. The summed E-state index contributed by atoms with van der Waals surface area (Å²) in [6.45, 7) is 0.167. The molecule has 1 aromatic carbocycles. The predicted octanol–water partition coefficient (Wildman–Crippen LogP) is 0.716. The van der Waals surface area contributed by atoms with Gasteiger partial charge < -0.3 is 4.74 Å². The van der Waals surface area contributed by atoms with Crippen molar-refractivity contribution in [2.75, 3.05) is 19.4 Å². The Morgan fingerprint density at radius 1 is 1.45 bits per heavy atom. The van der Waals surface area contributed by atoms with E-state index in [1.807, 2.05) is 0 Å². The Labute approximate surface area is 115 Å². The maximum atomic E-state index is 10.9. The van der Waals surface area contributed by atoms with Crippen LogP contribution in [0.1, 0.15) is 5.56 Å². The van der Waals surface area contributed by atoms with Crippen molar-refractivity contribution in [2.45, 2.75) is 6.10 Å². The minimum atomic E-state index is -3.51. The normalized spacial score (nSPS) is 18.4. The fraction of sp³-hybridized carbons (Fsp3) is 0.364. The summed E-state index contributed by atoms with van der Waals surface area (Å²) >= 11 is 0.